The van der Waals surface area contributed by atoms with Gasteiger partial charge in [0.05, 0.1) is 48.0 Å². The Labute approximate surface area is 254 Å². The molecule has 0 bridgehead atoms. The van der Waals surface area contributed by atoms with E-state index >= 15 is 0 Å². The monoisotopic (exact) mass is 609 g/mol. The second kappa shape index (κ2) is 11.9. The van der Waals surface area contributed by atoms with Crippen molar-refractivity contribution in [2.75, 3.05) is 28.4 Å². The minimum absolute atomic E-state index is 0.222. The number of sulfonamides is 1. The van der Waals surface area contributed by atoms with E-state index in [1.807, 2.05) is 61.9 Å². The van der Waals surface area contributed by atoms with E-state index in [0.29, 0.717) is 11.3 Å². The van der Waals surface area contributed by atoms with Gasteiger partial charge in [-0.3, -0.25) is 19.2 Å². The Morgan fingerprint density at radius 1 is 1.07 bits per heavy atom. The van der Waals surface area contributed by atoms with Gasteiger partial charge >= 0.3 is 0 Å². The highest BCUT2D eigenvalue weighted by Crippen LogP contribution is 2.39. The van der Waals surface area contributed by atoms with Gasteiger partial charge in [0.25, 0.3) is 5.91 Å². The Kier molecular flexibility index (Phi) is 8.85. The molecule has 0 aliphatic carbocycles. The van der Waals surface area contributed by atoms with Crippen molar-refractivity contribution in [3.05, 3.63) is 70.7 Å². The van der Waals surface area contributed by atoms with Gasteiger partial charge in [-0.15, -0.1) is 5.53 Å². The molecule has 2 aromatic carbocycles. The molecule has 0 radical (unpaired) electrons. The molecule has 0 atom stereocenters. The average Bonchev–Trinajstić information content (AvgIpc) is 3.55. The number of aromatic nitrogens is 2. The van der Waals surface area contributed by atoms with Crippen LogP contribution in [-0.4, -0.2) is 37.5 Å². The van der Waals surface area contributed by atoms with E-state index in [1.165, 1.54) is 7.11 Å². The van der Waals surface area contributed by atoms with Crippen molar-refractivity contribution < 1.29 is 17.9 Å². The van der Waals surface area contributed by atoms with E-state index in [4.69, 9.17) is 4.74 Å². The van der Waals surface area contributed by atoms with Gasteiger partial charge in [-0.1, -0.05) is 40.7 Å². The zero-order valence-corrected chi connectivity index (χ0v) is 27.4. The molecule has 0 unspecified atom stereocenters. The van der Waals surface area contributed by atoms with Crippen molar-refractivity contribution in [1.29, 1.82) is 0 Å². The van der Waals surface area contributed by atoms with Crippen molar-refractivity contribution in [1.82, 2.24) is 20.7 Å². The molecule has 232 valence electrons. The third-order valence-corrected chi connectivity index (χ3v) is 7.75. The van der Waals surface area contributed by atoms with Crippen molar-refractivity contribution in [2.24, 2.45) is 0 Å². The molecule has 0 saturated heterocycles. The second-order valence-corrected chi connectivity index (χ2v) is 14.2. The molecule has 2 heterocycles. The summed E-state index contributed by atoms with van der Waals surface area (Å²) in [7, 11) is -2.16. The third kappa shape index (κ3) is 6.97. The van der Waals surface area contributed by atoms with Crippen LogP contribution in [0.3, 0.4) is 0 Å². The SMILES string of the molecule is COc1c(NC(=O)c2ccc(C)c(N3C=C(c4cnn(C(C)C)c4C(C)C)NN3)c2)cc(C(C)(C)C)cc1NS(C)(=O)=O. The summed E-state index contributed by atoms with van der Waals surface area (Å²) in [4.78, 5) is 13.6. The smallest absolute Gasteiger partial charge is 0.255 e. The van der Waals surface area contributed by atoms with Gasteiger partial charge in [0.2, 0.25) is 10.0 Å². The Hall–Kier alpha value is -4.03. The summed E-state index contributed by atoms with van der Waals surface area (Å²) < 4.78 is 34.3. The lowest BCUT2D eigenvalue weighted by Gasteiger charge is -2.24. The van der Waals surface area contributed by atoms with Crippen LogP contribution < -0.4 is 30.7 Å². The number of anilines is 3. The lowest BCUT2D eigenvalue weighted by molar-refractivity contribution is 0.102. The Bertz CT molecular complexity index is 1670. The van der Waals surface area contributed by atoms with Gasteiger partial charge < -0.3 is 15.5 Å². The van der Waals surface area contributed by atoms with Crippen LogP contribution in [0.25, 0.3) is 5.70 Å². The molecule has 3 aromatic rings. The molecule has 11 nitrogen and oxygen atoms in total. The van der Waals surface area contributed by atoms with Gasteiger partial charge in [-0.2, -0.15) is 5.10 Å². The number of carbonyl (C=O) groups excluding carboxylic acids is 1. The number of hydrogen-bond acceptors (Lipinski definition) is 8. The van der Waals surface area contributed by atoms with Crippen LogP contribution in [0.15, 0.2) is 42.7 Å². The number of carbonyl (C=O) groups is 1. The Morgan fingerprint density at radius 3 is 2.33 bits per heavy atom. The third-order valence-electron chi connectivity index (χ3n) is 7.16. The molecule has 1 aliphatic heterocycles. The van der Waals surface area contributed by atoms with E-state index in [2.05, 4.69) is 53.8 Å². The van der Waals surface area contributed by atoms with Gasteiger partial charge in [0, 0.05) is 23.4 Å². The molecule has 1 aromatic heterocycles. The van der Waals surface area contributed by atoms with Crippen LogP contribution in [0.2, 0.25) is 0 Å². The van der Waals surface area contributed by atoms with Gasteiger partial charge in [0.1, 0.15) is 0 Å². The maximum absolute atomic E-state index is 13.6. The average molecular weight is 610 g/mol. The lowest BCUT2D eigenvalue weighted by atomic mass is 9.86. The minimum Gasteiger partial charge on any atom is -0.492 e. The van der Waals surface area contributed by atoms with Gasteiger partial charge in [-0.05, 0) is 67.5 Å². The van der Waals surface area contributed by atoms with Crippen molar-refractivity contribution in [3.8, 4) is 5.75 Å². The standard InChI is InChI=1S/C31H43N7O4S/c1-18(2)28-23(16-32-38(28)19(3)4)26-17-37(36-34-26)27-13-21(12-11-20(27)5)30(39)33-24-14-22(31(6,7)8)15-25(29(24)42-9)35-43(10,40)41/h11-19,34-36H,1-10H3,(H,33,39). The summed E-state index contributed by atoms with van der Waals surface area (Å²) >= 11 is 0. The molecular weight excluding hydrogens is 566 g/mol. The highest BCUT2D eigenvalue weighted by Gasteiger charge is 2.25. The van der Waals surface area contributed by atoms with Crippen molar-refractivity contribution in [3.63, 3.8) is 0 Å². The number of benzene rings is 2. The molecule has 0 spiro atoms. The molecule has 4 N–H and O–H groups in total. The fraction of sp³-hybridized carbons (Fsp3) is 0.419. The van der Waals surface area contributed by atoms with Crippen LogP contribution in [-0.2, 0) is 15.4 Å². The van der Waals surface area contributed by atoms with Crippen molar-refractivity contribution >= 4 is 38.7 Å². The lowest BCUT2D eigenvalue weighted by Crippen LogP contribution is -2.36. The number of nitrogens with zero attached hydrogens (tertiary/aromatic N) is 3. The molecule has 0 fully saturated rings. The summed E-state index contributed by atoms with van der Waals surface area (Å²) in [6, 6.07) is 9.20. The Balaban J connectivity index is 1.68. The van der Waals surface area contributed by atoms with Gasteiger partial charge in [-0.25, -0.2) is 8.42 Å². The van der Waals surface area contributed by atoms with E-state index in [9.17, 15) is 13.2 Å². The number of nitrogens with one attached hydrogen (secondary N) is 4. The summed E-state index contributed by atoms with van der Waals surface area (Å²) in [6.45, 7) is 16.5. The van der Waals surface area contributed by atoms with Gasteiger partial charge in [0.15, 0.2) is 5.75 Å². The number of hydrogen-bond donors (Lipinski definition) is 4. The number of hydrazine groups is 2. The van der Waals surface area contributed by atoms with Crippen LogP contribution in [0.5, 0.6) is 5.75 Å². The fourth-order valence-electron chi connectivity index (χ4n) is 5.00. The van der Waals surface area contributed by atoms with Crippen LogP contribution >= 0.6 is 0 Å². The van der Waals surface area contributed by atoms with E-state index in [1.54, 1.807) is 18.2 Å². The van der Waals surface area contributed by atoms with E-state index in [-0.39, 0.29) is 34.7 Å². The zero-order chi connectivity index (χ0) is 31.9. The molecular formula is C31H43N7O4S. The predicted molar refractivity (Wildman–Crippen MR) is 173 cm³/mol. The zero-order valence-electron chi connectivity index (χ0n) is 26.6. The summed E-state index contributed by atoms with van der Waals surface area (Å²) in [5.41, 5.74) is 12.7. The molecule has 4 rings (SSSR count). The number of amides is 1. The number of ether oxygens (including phenoxy) is 1. The number of methoxy groups -OCH3 is 1. The summed E-state index contributed by atoms with van der Waals surface area (Å²) in [5, 5.41) is 9.41. The molecule has 1 amide bonds. The predicted octanol–water partition coefficient (Wildman–Crippen LogP) is 5.65. The van der Waals surface area contributed by atoms with Crippen molar-refractivity contribution in [2.45, 2.75) is 72.8 Å². The Morgan fingerprint density at radius 2 is 1.74 bits per heavy atom. The first-order valence-corrected chi connectivity index (χ1v) is 16.1. The maximum atomic E-state index is 13.6. The fourth-order valence-corrected chi connectivity index (χ4v) is 5.55. The molecule has 43 heavy (non-hydrogen) atoms. The normalized spacial score (nSPS) is 13.8. The maximum Gasteiger partial charge on any atom is 0.255 e. The van der Waals surface area contributed by atoms with E-state index < -0.39 is 10.0 Å². The highest BCUT2D eigenvalue weighted by atomic mass is 32.2. The number of aryl methyl sites for hydroxylation is 1. The first-order valence-electron chi connectivity index (χ1n) is 14.2. The highest BCUT2D eigenvalue weighted by molar-refractivity contribution is 7.92. The molecule has 12 heteroatoms. The van der Waals surface area contributed by atoms with E-state index in [0.717, 1.165) is 40.0 Å². The van der Waals surface area contributed by atoms with Crippen LogP contribution in [0.1, 0.15) is 93.2 Å². The van der Waals surface area contributed by atoms with Crippen LogP contribution in [0, 0.1) is 6.92 Å². The topological polar surface area (TPSA) is 130 Å². The summed E-state index contributed by atoms with van der Waals surface area (Å²) in [6.07, 6.45) is 4.90. The quantitative estimate of drug-likeness (QED) is 0.245. The first-order chi connectivity index (χ1) is 20.0. The minimum atomic E-state index is -3.60. The first kappa shape index (κ1) is 31.9. The van der Waals surface area contributed by atoms with Crippen LogP contribution in [0.4, 0.5) is 17.1 Å². The largest absolute Gasteiger partial charge is 0.492 e. The number of rotatable bonds is 9. The summed E-state index contributed by atoms with van der Waals surface area (Å²) in [5.74, 6) is 0.125. The molecule has 1 aliphatic rings. The second-order valence-electron chi connectivity index (χ2n) is 12.5. The molecule has 0 saturated carbocycles.